The number of phenolic OH excluding ortho intramolecular Hbond substituents is 1. The van der Waals surface area contributed by atoms with Crippen molar-refractivity contribution in [2.75, 3.05) is 5.32 Å². The third kappa shape index (κ3) is 3.20. The summed E-state index contributed by atoms with van der Waals surface area (Å²) in [5.74, 6) is -1.31. The molecule has 0 unspecified atom stereocenters. The molecule has 0 spiro atoms. The molecular formula is C16H15NO4. The molecule has 5 nitrogen and oxygen atoms in total. The number of amides is 1. The zero-order chi connectivity index (χ0) is 15.6. The summed E-state index contributed by atoms with van der Waals surface area (Å²) >= 11 is 0. The number of carbonyl (C=O) groups excluding carboxylic acids is 1. The molecule has 0 fully saturated rings. The molecular weight excluding hydrogens is 270 g/mol. The van der Waals surface area contributed by atoms with Gasteiger partial charge in [-0.05, 0) is 55.3 Å². The molecule has 0 saturated carbocycles. The smallest absolute Gasteiger partial charge is 0.335 e. The van der Waals surface area contributed by atoms with Gasteiger partial charge in [0, 0.05) is 11.3 Å². The average molecular weight is 285 g/mol. The van der Waals surface area contributed by atoms with E-state index in [0.717, 1.165) is 5.56 Å². The van der Waals surface area contributed by atoms with Crippen LogP contribution in [0.25, 0.3) is 0 Å². The van der Waals surface area contributed by atoms with E-state index in [4.69, 9.17) is 5.11 Å². The number of anilines is 1. The normalized spacial score (nSPS) is 10.2. The van der Waals surface area contributed by atoms with Crippen molar-refractivity contribution in [1.82, 2.24) is 0 Å². The number of rotatable bonds is 3. The molecule has 5 heteroatoms. The minimum absolute atomic E-state index is 0.0908. The molecule has 3 N–H and O–H groups in total. The Morgan fingerprint density at radius 3 is 2.33 bits per heavy atom. The Labute approximate surface area is 121 Å². The molecule has 0 atom stereocenters. The highest BCUT2D eigenvalue weighted by Gasteiger charge is 2.12. The summed E-state index contributed by atoms with van der Waals surface area (Å²) < 4.78 is 0. The van der Waals surface area contributed by atoms with Gasteiger partial charge >= 0.3 is 5.97 Å². The molecule has 2 aromatic carbocycles. The van der Waals surface area contributed by atoms with Gasteiger partial charge < -0.3 is 15.5 Å². The van der Waals surface area contributed by atoms with Crippen LogP contribution in [0.15, 0.2) is 36.4 Å². The molecule has 0 bridgehead atoms. The van der Waals surface area contributed by atoms with Gasteiger partial charge in [0.2, 0.25) is 0 Å². The Balaban J connectivity index is 2.31. The van der Waals surface area contributed by atoms with Crippen LogP contribution in [0.5, 0.6) is 5.75 Å². The van der Waals surface area contributed by atoms with Crippen LogP contribution >= 0.6 is 0 Å². The van der Waals surface area contributed by atoms with Crippen LogP contribution in [0, 0.1) is 13.8 Å². The third-order valence-corrected chi connectivity index (χ3v) is 3.19. The highest BCUT2D eigenvalue weighted by Crippen LogP contribution is 2.20. The summed E-state index contributed by atoms with van der Waals surface area (Å²) in [4.78, 5) is 23.2. The number of carboxylic acids is 1. The van der Waals surface area contributed by atoms with Crippen LogP contribution < -0.4 is 5.32 Å². The number of hydrogen-bond acceptors (Lipinski definition) is 3. The summed E-state index contributed by atoms with van der Waals surface area (Å²) in [6.07, 6.45) is 0. The first kappa shape index (κ1) is 14.6. The molecule has 108 valence electrons. The van der Waals surface area contributed by atoms with Crippen LogP contribution in [0.4, 0.5) is 5.69 Å². The maximum absolute atomic E-state index is 12.2. The molecule has 0 aromatic heterocycles. The predicted molar refractivity (Wildman–Crippen MR) is 78.9 cm³/mol. The molecule has 0 aliphatic rings. The van der Waals surface area contributed by atoms with Crippen molar-refractivity contribution in [3.63, 3.8) is 0 Å². The van der Waals surface area contributed by atoms with Gasteiger partial charge in [0.05, 0.1) is 5.56 Å². The first-order chi connectivity index (χ1) is 9.88. The second-order valence-corrected chi connectivity index (χ2v) is 4.79. The number of phenols is 1. The zero-order valence-electron chi connectivity index (χ0n) is 11.7. The quantitative estimate of drug-likeness (QED) is 0.809. The van der Waals surface area contributed by atoms with Crippen molar-refractivity contribution in [2.45, 2.75) is 13.8 Å². The van der Waals surface area contributed by atoms with Crippen LogP contribution in [-0.2, 0) is 0 Å². The second-order valence-electron chi connectivity index (χ2n) is 4.79. The topological polar surface area (TPSA) is 86.6 Å². The highest BCUT2D eigenvalue weighted by molar-refractivity contribution is 6.06. The first-order valence-electron chi connectivity index (χ1n) is 6.33. The Kier molecular flexibility index (Phi) is 3.93. The fourth-order valence-corrected chi connectivity index (χ4v) is 1.98. The molecule has 2 aromatic rings. The van der Waals surface area contributed by atoms with Crippen molar-refractivity contribution in [3.05, 3.63) is 58.7 Å². The lowest BCUT2D eigenvalue weighted by atomic mass is 10.1. The van der Waals surface area contributed by atoms with Gasteiger partial charge in [-0.1, -0.05) is 6.07 Å². The van der Waals surface area contributed by atoms with E-state index in [9.17, 15) is 14.7 Å². The van der Waals surface area contributed by atoms with E-state index in [0.29, 0.717) is 16.8 Å². The van der Waals surface area contributed by atoms with Gasteiger partial charge in [0.25, 0.3) is 5.91 Å². The van der Waals surface area contributed by atoms with E-state index in [1.165, 1.54) is 30.3 Å². The number of hydrogen-bond donors (Lipinski definition) is 3. The number of aromatic hydroxyl groups is 1. The standard InChI is InChI=1S/C16H15NO4/c1-9-3-4-11(16(20)21)8-14(9)17-15(19)13-6-5-12(18)7-10(13)2/h3-8,18H,1-2H3,(H,17,19)(H,20,21). The largest absolute Gasteiger partial charge is 0.508 e. The van der Waals surface area contributed by atoms with E-state index in [1.54, 1.807) is 19.9 Å². The van der Waals surface area contributed by atoms with E-state index in [-0.39, 0.29) is 17.2 Å². The number of nitrogens with one attached hydrogen (secondary N) is 1. The molecule has 0 saturated heterocycles. The third-order valence-electron chi connectivity index (χ3n) is 3.19. The van der Waals surface area contributed by atoms with E-state index in [1.807, 2.05) is 0 Å². The number of aromatic carboxylic acids is 1. The van der Waals surface area contributed by atoms with Crippen molar-refractivity contribution >= 4 is 17.6 Å². The van der Waals surface area contributed by atoms with Gasteiger partial charge in [-0.25, -0.2) is 4.79 Å². The lowest BCUT2D eigenvalue weighted by molar-refractivity contribution is 0.0696. The van der Waals surface area contributed by atoms with Crippen LogP contribution in [0.1, 0.15) is 31.8 Å². The van der Waals surface area contributed by atoms with Crippen molar-refractivity contribution in [1.29, 1.82) is 0 Å². The van der Waals surface area contributed by atoms with Gasteiger partial charge in [-0.3, -0.25) is 4.79 Å². The van der Waals surface area contributed by atoms with Crippen LogP contribution in [-0.4, -0.2) is 22.1 Å². The van der Waals surface area contributed by atoms with Crippen LogP contribution in [0.3, 0.4) is 0 Å². The van der Waals surface area contributed by atoms with Gasteiger partial charge in [0.1, 0.15) is 5.75 Å². The predicted octanol–water partition coefficient (Wildman–Crippen LogP) is 2.96. The average Bonchev–Trinajstić information content (AvgIpc) is 2.40. The van der Waals surface area contributed by atoms with E-state index in [2.05, 4.69) is 5.32 Å². The molecule has 0 aliphatic carbocycles. The number of carbonyl (C=O) groups is 2. The second kappa shape index (κ2) is 5.66. The fraction of sp³-hybridized carbons (Fsp3) is 0.125. The zero-order valence-corrected chi connectivity index (χ0v) is 11.7. The summed E-state index contributed by atoms with van der Waals surface area (Å²) in [7, 11) is 0. The van der Waals surface area contributed by atoms with Crippen LogP contribution in [0.2, 0.25) is 0 Å². The number of benzene rings is 2. The minimum Gasteiger partial charge on any atom is -0.508 e. The lowest BCUT2D eigenvalue weighted by Crippen LogP contribution is -2.14. The summed E-state index contributed by atoms with van der Waals surface area (Å²) in [5.41, 5.74) is 2.39. The van der Waals surface area contributed by atoms with Crippen molar-refractivity contribution in [3.8, 4) is 5.75 Å². The molecule has 0 heterocycles. The number of aryl methyl sites for hydroxylation is 2. The van der Waals surface area contributed by atoms with Gasteiger partial charge in [-0.2, -0.15) is 0 Å². The fourth-order valence-electron chi connectivity index (χ4n) is 1.98. The Hall–Kier alpha value is -2.82. The SMILES string of the molecule is Cc1ccc(C(=O)O)cc1NC(=O)c1ccc(O)cc1C. The van der Waals surface area contributed by atoms with E-state index < -0.39 is 5.97 Å². The maximum Gasteiger partial charge on any atom is 0.335 e. The Morgan fingerprint density at radius 2 is 1.71 bits per heavy atom. The maximum atomic E-state index is 12.2. The van der Waals surface area contributed by atoms with Gasteiger partial charge in [0.15, 0.2) is 0 Å². The molecule has 1 amide bonds. The molecule has 21 heavy (non-hydrogen) atoms. The highest BCUT2D eigenvalue weighted by atomic mass is 16.4. The minimum atomic E-state index is -1.05. The van der Waals surface area contributed by atoms with Crippen molar-refractivity contribution < 1.29 is 19.8 Å². The van der Waals surface area contributed by atoms with Gasteiger partial charge in [-0.15, -0.1) is 0 Å². The first-order valence-corrected chi connectivity index (χ1v) is 6.33. The van der Waals surface area contributed by atoms with Crippen molar-refractivity contribution in [2.24, 2.45) is 0 Å². The lowest BCUT2D eigenvalue weighted by Gasteiger charge is -2.11. The molecule has 0 aliphatic heterocycles. The number of carboxylic acid groups (broad SMARTS) is 1. The van der Waals surface area contributed by atoms with E-state index >= 15 is 0 Å². The monoisotopic (exact) mass is 285 g/mol. The Bertz CT molecular complexity index is 722. The summed E-state index contributed by atoms with van der Waals surface area (Å²) in [6.45, 7) is 3.50. The molecule has 2 rings (SSSR count). The molecule has 0 radical (unpaired) electrons. The summed E-state index contributed by atoms with van der Waals surface area (Å²) in [6, 6.07) is 9.00. The Morgan fingerprint density at radius 1 is 1.00 bits per heavy atom. The summed E-state index contributed by atoms with van der Waals surface area (Å²) in [5, 5.41) is 21.0.